The third-order valence-electron chi connectivity index (χ3n) is 4.62. The van der Waals surface area contributed by atoms with Crippen LogP contribution in [0.4, 0.5) is 4.39 Å². The van der Waals surface area contributed by atoms with Gasteiger partial charge in [0.1, 0.15) is 12.0 Å². The summed E-state index contributed by atoms with van der Waals surface area (Å²) in [5.41, 5.74) is 0.802. The van der Waals surface area contributed by atoms with Crippen LogP contribution in [0.2, 0.25) is 10.0 Å². The molecule has 3 atom stereocenters. The molecule has 1 aromatic rings. The molecule has 1 aliphatic heterocycles. The van der Waals surface area contributed by atoms with Gasteiger partial charge in [0.05, 0.1) is 16.0 Å². The molecule has 0 bridgehead atoms. The molecule has 1 heterocycles. The first-order valence-corrected chi connectivity index (χ1v) is 8.90. The van der Waals surface area contributed by atoms with Gasteiger partial charge in [-0.25, -0.2) is 9.38 Å². The van der Waals surface area contributed by atoms with Crippen molar-refractivity contribution < 1.29 is 9.18 Å². The third-order valence-corrected chi connectivity index (χ3v) is 5.36. The van der Waals surface area contributed by atoms with E-state index in [1.807, 2.05) is 12.1 Å². The van der Waals surface area contributed by atoms with Crippen LogP contribution in [-0.2, 0) is 4.79 Å². The smallest absolute Gasteiger partial charge is 0.232 e. The van der Waals surface area contributed by atoms with Crippen molar-refractivity contribution in [3.8, 4) is 0 Å². The summed E-state index contributed by atoms with van der Waals surface area (Å²) in [6.45, 7) is 0. The monoisotopic (exact) mass is 368 g/mol. The minimum absolute atomic E-state index is 0.127. The van der Waals surface area contributed by atoms with E-state index in [2.05, 4.69) is 10.3 Å². The second-order valence-corrected chi connectivity index (χ2v) is 7.21. The number of rotatable bonds is 4. The van der Waals surface area contributed by atoms with Gasteiger partial charge in [0, 0.05) is 12.6 Å². The Kier molecular flexibility index (Phi) is 5.57. The lowest BCUT2D eigenvalue weighted by Crippen LogP contribution is -2.34. The number of benzene rings is 1. The molecule has 0 aromatic heterocycles. The third kappa shape index (κ3) is 4.17. The summed E-state index contributed by atoms with van der Waals surface area (Å²) in [7, 11) is 0. The Labute approximate surface area is 150 Å². The second-order valence-electron chi connectivity index (χ2n) is 6.39. The van der Waals surface area contributed by atoms with Gasteiger partial charge in [-0.1, -0.05) is 35.3 Å². The summed E-state index contributed by atoms with van der Waals surface area (Å²) in [5.74, 6) is 0.324. The topological polar surface area (TPSA) is 41.5 Å². The van der Waals surface area contributed by atoms with Crippen LogP contribution in [0.3, 0.4) is 0 Å². The molecule has 3 rings (SSSR count). The lowest BCUT2D eigenvalue weighted by Gasteiger charge is -2.21. The standard InChI is InChI=1S/C18H19Cl2FN2O/c19-15-6-4-12(10-16(15)20)14(9-11-3-5-13(21)8-11)18(24)23-17-2-1-7-22-17/h1,4,6-7,10-11,13-14H,2-3,5,8-9H2,(H,22,23,24). The molecule has 3 nitrogen and oxygen atoms in total. The normalized spacial score (nSPS) is 24.0. The summed E-state index contributed by atoms with van der Waals surface area (Å²) >= 11 is 12.1. The van der Waals surface area contributed by atoms with Crippen molar-refractivity contribution in [1.82, 2.24) is 5.32 Å². The van der Waals surface area contributed by atoms with Crippen molar-refractivity contribution in [3.63, 3.8) is 0 Å². The summed E-state index contributed by atoms with van der Waals surface area (Å²) in [6.07, 6.45) is 5.94. The molecule has 2 aliphatic rings. The van der Waals surface area contributed by atoms with Gasteiger partial charge in [0.15, 0.2) is 0 Å². The van der Waals surface area contributed by atoms with E-state index >= 15 is 0 Å². The van der Waals surface area contributed by atoms with Crippen molar-refractivity contribution >= 4 is 34.9 Å². The number of alkyl halides is 1. The van der Waals surface area contributed by atoms with Crippen molar-refractivity contribution in [1.29, 1.82) is 0 Å². The quantitative estimate of drug-likeness (QED) is 0.794. The van der Waals surface area contributed by atoms with Gasteiger partial charge in [0.2, 0.25) is 5.91 Å². The maximum atomic E-state index is 13.5. The largest absolute Gasteiger partial charge is 0.313 e. The zero-order chi connectivity index (χ0) is 17.1. The van der Waals surface area contributed by atoms with E-state index in [9.17, 15) is 9.18 Å². The van der Waals surface area contributed by atoms with Crippen LogP contribution in [0, 0.1) is 5.92 Å². The highest BCUT2D eigenvalue weighted by atomic mass is 35.5. The zero-order valence-corrected chi connectivity index (χ0v) is 14.7. The lowest BCUT2D eigenvalue weighted by molar-refractivity contribution is -0.121. The molecule has 6 heteroatoms. The van der Waals surface area contributed by atoms with Gasteiger partial charge in [-0.2, -0.15) is 0 Å². The molecule has 1 aromatic carbocycles. The van der Waals surface area contributed by atoms with Crippen LogP contribution in [0.15, 0.2) is 35.5 Å². The van der Waals surface area contributed by atoms with Crippen LogP contribution in [0.25, 0.3) is 0 Å². The van der Waals surface area contributed by atoms with Crippen LogP contribution in [-0.4, -0.2) is 17.9 Å². The maximum Gasteiger partial charge on any atom is 0.232 e. The summed E-state index contributed by atoms with van der Waals surface area (Å²) in [4.78, 5) is 16.9. The number of amides is 1. The number of hydrogen-bond donors (Lipinski definition) is 1. The first-order chi connectivity index (χ1) is 11.5. The first-order valence-electron chi connectivity index (χ1n) is 8.14. The molecule has 0 radical (unpaired) electrons. The minimum atomic E-state index is -0.754. The zero-order valence-electron chi connectivity index (χ0n) is 13.1. The van der Waals surface area contributed by atoms with Gasteiger partial charge >= 0.3 is 0 Å². The Balaban J connectivity index is 1.79. The van der Waals surface area contributed by atoms with E-state index in [0.29, 0.717) is 41.6 Å². The molecule has 24 heavy (non-hydrogen) atoms. The molecule has 128 valence electrons. The van der Waals surface area contributed by atoms with Crippen LogP contribution >= 0.6 is 23.2 Å². The Bertz CT molecular complexity index is 690. The molecule has 1 aliphatic carbocycles. The van der Waals surface area contributed by atoms with Crippen molar-refractivity contribution in [2.45, 2.75) is 44.2 Å². The fourth-order valence-electron chi connectivity index (χ4n) is 3.36. The van der Waals surface area contributed by atoms with Gasteiger partial charge in [0.25, 0.3) is 0 Å². The number of carbonyl (C=O) groups is 1. The summed E-state index contributed by atoms with van der Waals surface area (Å²) < 4.78 is 13.5. The average molecular weight is 369 g/mol. The molecule has 1 amide bonds. The predicted octanol–water partition coefficient (Wildman–Crippen LogP) is 5.04. The van der Waals surface area contributed by atoms with Crippen LogP contribution in [0.1, 0.15) is 43.6 Å². The maximum absolute atomic E-state index is 13.5. The number of halogens is 3. The highest BCUT2D eigenvalue weighted by Gasteiger charge is 2.31. The first kappa shape index (κ1) is 17.4. The number of hydrogen-bond acceptors (Lipinski definition) is 2. The lowest BCUT2D eigenvalue weighted by atomic mass is 9.87. The Morgan fingerprint density at radius 3 is 2.79 bits per heavy atom. The average Bonchev–Trinajstić information content (AvgIpc) is 3.19. The van der Waals surface area contributed by atoms with E-state index < -0.39 is 12.1 Å². The highest BCUT2D eigenvalue weighted by Crippen LogP contribution is 2.37. The molecule has 0 spiro atoms. The van der Waals surface area contributed by atoms with Crippen molar-refractivity contribution in [3.05, 3.63) is 46.1 Å². The SMILES string of the molecule is O=C(NC1=NC=CC1)C(CC1CCC(F)C1)c1ccc(Cl)c(Cl)c1. The van der Waals surface area contributed by atoms with Gasteiger partial charge in [-0.05, 0) is 49.3 Å². The number of nitrogens with zero attached hydrogens (tertiary/aromatic N) is 1. The van der Waals surface area contributed by atoms with Crippen LogP contribution < -0.4 is 5.32 Å². The highest BCUT2D eigenvalue weighted by molar-refractivity contribution is 6.42. The van der Waals surface area contributed by atoms with E-state index in [1.54, 1.807) is 18.3 Å². The van der Waals surface area contributed by atoms with Crippen LogP contribution in [0.5, 0.6) is 0 Å². The molecule has 3 unspecified atom stereocenters. The van der Waals surface area contributed by atoms with Gasteiger partial charge in [-0.15, -0.1) is 0 Å². The van der Waals surface area contributed by atoms with E-state index in [-0.39, 0.29) is 11.8 Å². The Hall–Kier alpha value is -1.39. The van der Waals surface area contributed by atoms with Crippen molar-refractivity contribution in [2.75, 3.05) is 0 Å². The minimum Gasteiger partial charge on any atom is -0.313 e. The summed E-state index contributed by atoms with van der Waals surface area (Å²) in [5, 5.41) is 3.75. The fourth-order valence-corrected chi connectivity index (χ4v) is 3.66. The summed E-state index contributed by atoms with van der Waals surface area (Å²) in [6, 6.07) is 5.24. The molecular weight excluding hydrogens is 350 g/mol. The van der Waals surface area contributed by atoms with E-state index in [1.165, 1.54) is 0 Å². The predicted molar refractivity (Wildman–Crippen MR) is 95.4 cm³/mol. The Morgan fingerprint density at radius 2 is 2.17 bits per heavy atom. The number of nitrogens with one attached hydrogen (secondary N) is 1. The van der Waals surface area contributed by atoms with E-state index in [0.717, 1.165) is 12.0 Å². The number of amidine groups is 1. The van der Waals surface area contributed by atoms with Crippen molar-refractivity contribution in [2.24, 2.45) is 10.9 Å². The van der Waals surface area contributed by atoms with Gasteiger partial charge in [-0.3, -0.25) is 4.79 Å². The molecular formula is C18H19Cl2FN2O. The second kappa shape index (κ2) is 7.66. The Morgan fingerprint density at radius 1 is 1.33 bits per heavy atom. The molecule has 1 fully saturated rings. The van der Waals surface area contributed by atoms with E-state index in [4.69, 9.17) is 23.2 Å². The molecule has 1 N–H and O–H groups in total. The number of aliphatic imine (C=N–C) groups is 1. The molecule has 1 saturated carbocycles. The molecule has 0 saturated heterocycles. The van der Waals surface area contributed by atoms with Gasteiger partial charge < -0.3 is 5.32 Å². The number of carbonyl (C=O) groups excluding carboxylic acids is 1. The fraction of sp³-hybridized carbons (Fsp3) is 0.444.